The molecule has 0 aromatic heterocycles. The molecule has 5 atom stereocenters. The van der Waals surface area contributed by atoms with E-state index in [2.05, 4.69) is 45.3 Å². The smallest absolute Gasteiger partial charge is 0.408 e. The van der Waals surface area contributed by atoms with E-state index in [1.54, 1.807) is 13.8 Å². The molecule has 1 saturated heterocycles. The number of rotatable bonds is 12. The van der Waals surface area contributed by atoms with Crippen LogP contribution in [0.3, 0.4) is 0 Å². The third kappa shape index (κ3) is 7.93. The number of ether oxygens (including phenoxy) is 2. The highest BCUT2D eigenvalue weighted by Crippen LogP contribution is 2.65. The van der Waals surface area contributed by atoms with Crippen LogP contribution in [0.2, 0.25) is 0 Å². The standard InChI is InChI=1S/C33H56N4O7/c1-29(2,3)24(36-28(42)44-31(7,8)17-43-33(11,12)30(4,5)6)27(41)37-16-19-21(32(19,9)10)22(37)26(40)35-20(15-18-13-14-18)23(38)25(34)39/h18-22,24H,13-17H2,1-12H3,(H2,34,39)(H,35,40)(H,36,42)/t19-,20?,21-,22-,24+/m0/s1. The molecule has 4 N–H and O–H groups in total. The second kappa shape index (κ2) is 11.9. The second-order valence-electron chi connectivity index (χ2n) is 17.0. The molecule has 0 radical (unpaired) electrons. The van der Waals surface area contributed by atoms with E-state index in [9.17, 15) is 24.0 Å². The Hall–Kier alpha value is -2.69. The summed E-state index contributed by atoms with van der Waals surface area (Å²) >= 11 is 0. The van der Waals surface area contributed by atoms with Gasteiger partial charge in [0, 0.05) is 6.54 Å². The molecule has 0 bridgehead atoms. The third-order valence-corrected chi connectivity index (χ3v) is 10.2. The molecule has 0 aromatic carbocycles. The highest BCUT2D eigenvalue weighted by molar-refractivity contribution is 6.37. The number of nitrogens with zero attached hydrogens (tertiary/aromatic N) is 1. The van der Waals surface area contributed by atoms with Crippen molar-refractivity contribution in [3.05, 3.63) is 0 Å². The number of likely N-dealkylation sites (tertiary alicyclic amines) is 1. The van der Waals surface area contributed by atoms with Crippen LogP contribution in [-0.4, -0.2) is 77.0 Å². The molecular formula is C33H56N4O7. The van der Waals surface area contributed by atoms with Gasteiger partial charge in [0.25, 0.3) is 5.91 Å². The predicted molar refractivity (Wildman–Crippen MR) is 166 cm³/mol. The Morgan fingerprint density at radius 2 is 1.50 bits per heavy atom. The van der Waals surface area contributed by atoms with Crippen molar-refractivity contribution < 1.29 is 33.4 Å². The van der Waals surface area contributed by atoms with Gasteiger partial charge in [-0.15, -0.1) is 0 Å². The van der Waals surface area contributed by atoms with Crippen molar-refractivity contribution in [2.75, 3.05) is 13.2 Å². The first-order valence-corrected chi connectivity index (χ1v) is 15.9. The lowest BCUT2D eigenvalue weighted by atomic mass is 9.79. The third-order valence-electron chi connectivity index (χ3n) is 10.2. The SMILES string of the molecule is CC(C)(COC(C)(C)C(C)(C)C)OC(=O)N[C@H](C(=O)N1C[C@H]2[C@@H]([C@H]1C(=O)NC(CC1CC1)C(=O)C(N)=O)C2(C)C)C(C)(C)C. The molecule has 0 aromatic rings. The van der Waals surface area contributed by atoms with Crippen molar-refractivity contribution in [3.8, 4) is 0 Å². The maximum absolute atomic E-state index is 14.2. The Kier molecular flexibility index (Phi) is 9.69. The molecule has 11 heteroatoms. The summed E-state index contributed by atoms with van der Waals surface area (Å²) < 4.78 is 11.9. The zero-order chi connectivity index (χ0) is 33.8. The molecule has 44 heavy (non-hydrogen) atoms. The zero-order valence-corrected chi connectivity index (χ0v) is 28.9. The lowest BCUT2D eigenvalue weighted by molar-refractivity contribution is -0.146. The van der Waals surface area contributed by atoms with E-state index in [0.717, 1.165) is 12.8 Å². The molecule has 3 rings (SSSR count). The molecule has 0 spiro atoms. The van der Waals surface area contributed by atoms with Crippen LogP contribution in [0.5, 0.6) is 0 Å². The number of ketones is 1. The maximum Gasteiger partial charge on any atom is 0.408 e. The molecule has 4 amide bonds. The quantitative estimate of drug-likeness (QED) is 0.282. The predicted octanol–water partition coefficient (Wildman–Crippen LogP) is 3.57. The average molecular weight is 621 g/mol. The molecule has 1 heterocycles. The van der Waals surface area contributed by atoms with E-state index in [4.69, 9.17) is 15.2 Å². The summed E-state index contributed by atoms with van der Waals surface area (Å²) in [6.07, 6.45) is 1.44. The summed E-state index contributed by atoms with van der Waals surface area (Å²) in [7, 11) is 0. The highest BCUT2D eigenvalue weighted by atomic mass is 16.6. The van der Waals surface area contributed by atoms with E-state index >= 15 is 0 Å². The molecule has 250 valence electrons. The van der Waals surface area contributed by atoms with Crippen LogP contribution in [0.15, 0.2) is 0 Å². The van der Waals surface area contributed by atoms with Crippen LogP contribution in [0, 0.1) is 34.0 Å². The number of nitrogens with two attached hydrogens (primary N) is 1. The Labute approximate surface area is 263 Å². The van der Waals surface area contributed by atoms with Gasteiger partial charge in [-0.25, -0.2) is 4.79 Å². The molecule has 3 fully saturated rings. The van der Waals surface area contributed by atoms with Crippen molar-refractivity contribution in [1.82, 2.24) is 15.5 Å². The summed E-state index contributed by atoms with van der Waals surface area (Å²) in [4.78, 5) is 67.0. The molecular weight excluding hydrogens is 564 g/mol. The van der Waals surface area contributed by atoms with Gasteiger partial charge < -0.3 is 30.7 Å². The second-order valence-corrected chi connectivity index (χ2v) is 17.0. The van der Waals surface area contributed by atoms with E-state index in [1.807, 2.05) is 34.6 Å². The van der Waals surface area contributed by atoms with Gasteiger partial charge in [0.1, 0.15) is 17.7 Å². The summed E-state index contributed by atoms with van der Waals surface area (Å²) in [5.74, 6) is -2.58. The minimum absolute atomic E-state index is 0.0887. The summed E-state index contributed by atoms with van der Waals surface area (Å²) in [5.41, 5.74) is 2.79. The zero-order valence-electron chi connectivity index (χ0n) is 28.9. The van der Waals surface area contributed by atoms with E-state index in [1.165, 1.54) is 4.90 Å². The lowest BCUT2D eigenvalue weighted by Gasteiger charge is -2.41. The van der Waals surface area contributed by atoms with Crippen molar-refractivity contribution in [2.24, 2.45) is 39.7 Å². The normalized spacial score (nSPS) is 24.5. The van der Waals surface area contributed by atoms with Crippen molar-refractivity contribution in [3.63, 3.8) is 0 Å². The molecule has 1 aliphatic heterocycles. The largest absolute Gasteiger partial charge is 0.441 e. The molecule has 2 saturated carbocycles. The summed E-state index contributed by atoms with van der Waals surface area (Å²) in [6.45, 7) is 23.8. The van der Waals surface area contributed by atoms with Crippen LogP contribution in [-0.2, 0) is 28.7 Å². The number of hydrogen-bond donors (Lipinski definition) is 3. The van der Waals surface area contributed by atoms with E-state index in [-0.39, 0.29) is 35.2 Å². The number of nitrogens with one attached hydrogen (secondary N) is 2. The first-order valence-electron chi connectivity index (χ1n) is 15.9. The van der Waals surface area contributed by atoms with E-state index in [0.29, 0.717) is 13.0 Å². The van der Waals surface area contributed by atoms with Crippen LogP contribution in [0.1, 0.15) is 102 Å². The Bertz CT molecular complexity index is 1160. The van der Waals surface area contributed by atoms with Crippen molar-refractivity contribution in [1.29, 1.82) is 0 Å². The number of Topliss-reactive ketones (excluding diaryl/α,β-unsaturated/α-hetero) is 1. The number of alkyl carbamates (subject to hydrolysis) is 1. The van der Waals surface area contributed by atoms with Gasteiger partial charge in [-0.2, -0.15) is 0 Å². The van der Waals surface area contributed by atoms with Crippen LogP contribution >= 0.6 is 0 Å². The monoisotopic (exact) mass is 620 g/mol. The van der Waals surface area contributed by atoms with Crippen molar-refractivity contribution >= 4 is 29.6 Å². The Balaban J connectivity index is 1.77. The lowest BCUT2D eigenvalue weighted by Crippen LogP contribution is -2.61. The van der Waals surface area contributed by atoms with Crippen LogP contribution < -0.4 is 16.4 Å². The van der Waals surface area contributed by atoms with Crippen LogP contribution in [0.25, 0.3) is 0 Å². The van der Waals surface area contributed by atoms with Gasteiger partial charge in [-0.1, -0.05) is 68.2 Å². The van der Waals surface area contributed by atoms with E-state index < -0.39 is 64.3 Å². The minimum atomic E-state index is -1.09. The molecule has 1 unspecified atom stereocenters. The van der Waals surface area contributed by atoms with Gasteiger partial charge in [-0.3, -0.25) is 19.2 Å². The number of primary amides is 1. The summed E-state index contributed by atoms with van der Waals surface area (Å²) in [5, 5.41) is 5.55. The number of piperidine rings is 1. The van der Waals surface area contributed by atoms with Gasteiger partial charge >= 0.3 is 6.09 Å². The minimum Gasteiger partial charge on any atom is -0.441 e. The van der Waals surface area contributed by atoms with Crippen LogP contribution in [0.4, 0.5) is 4.79 Å². The van der Waals surface area contributed by atoms with Gasteiger partial charge in [0.2, 0.25) is 17.6 Å². The average Bonchev–Trinajstić information content (AvgIpc) is 3.70. The maximum atomic E-state index is 14.2. The fraction of sp³-hybridized carbons (Fsp3) is 0.848. The first kappa shape index (κ1) is 35.8. The Morgan fingerprint density at radius 1 is 0.932 bits per heavy atom. The summed E-state index contributed by atoms with van der Waals surface area (Å²) in [6, 6.07) is -2.87. The molecule has 3 aliphatic rings. The number of carbonyl (C=O) groups excluding carboxylic acids is 5. The number of fused-ring (bicyclic) bond motifs is 1. The molecule has 2 aliphatic carbocycles. The number of carbonyl (C=O) groups is 5. The fourth-order valence-corrected chi connectivity index (χ4v) is 5.97. The molecule has 11 nitrogen and oxygen atoms in total. The highest BCUT2D eigenvalue weighted by Gasteiger charge is 2.70. The Morgan fingerprint density at radius 3 is 1.98 bits per heavy atom. The van der Waals surface area contributed by atoms with Gasteiger partial charge in [0.15, 0.2) is 0 Å². The van der Waals surface area contributed by atoms with Gasteiger partial charge in [-0.05, 0) is 68.1 Å². The topological polar surface area (TPSA) is 157 Å². The fourth-order valence-electron chi connectivity index (χ4n) is 5.97. The number of amides is 4. The number of hydrogen-bond acceptors (Lipinski definition) is 7. The first-order chi connectivity index (χ1) is 19.8. The van der Waals surface area contributed by atoms with Gasteiger partial charge in [0.05, 0.1) is 18.2 Å². The van der Waals surface area contributed by atoms with Crippen molar-refractivity contribution in [2.45, 2.75) is 132 Å².